The lowest BCUT2D eigenvalue weighted by Crippen LogP contribution is -2.47. The topological polar surface area (TPSA) is 70.7 Å². The molecule has 2 unspecified atom stereocenters. The predicted molar refractivity (Wildman–Crippen MR) is 92.5 cm³/mol. The van der Waals surface area contributed by atoms with Gasteiger partial charge in [-0.15, -0.1) is 0 Å². The highest BCUT2D eigenvalue weighted by molar-refractivity contribution is 6.31. The summed E-state index contributed by atoms with van der Waals surface area (Å²) < 4.78 is 5.32. The average molecular weight is 352 g/mol. The third-order valence-electron chi connectivity index (χ3n) is 4.57. The van der Waals surface area contributed by atoms with Gasteiger partial charge < -0.3 is 20.3 Å². The smallest absolute Gasteiger partial charge is 0.227 e. The zero-order valence-electron chi connectivity index (χ0n) is 13.7. The Labute approximate surface area is 146 Å². The molecule has 2 fully saturated rings. The van der Waals surface area contributed by atoms with E-state index in [9.17, 15) is 9.59 Å². The van der Waals surface area contributed by atoms with Crippen molar-refractivity contribution in [2.75, 3.05) is 31.6 Å². The monoisotopic (exact) mass is 351 g/mol. The summed E-state index contributed by atoms with van der Waals surface area (Å²) >= 11 is 6.05. The van der Waals surface area contributed by atoms with E-state index in [-0.39, 0.29) is 30.2 Å². The quantitative estimate of drug-likeness (QED) is 0.864. The maximum atomic E-state index is 12.5. The molecule has 130 valence electrons. The normalized spacial score (nSPS) is 24.1. The van der Waals surface area contributed by atoms with Gasteiger partial charge in [0, 0.05) is 30.6 Å². The van der Waals surface area contributed by atoms with Crippen molar-refractivity contribution in [3.63, 3.8) is 0 Å². The Bertz CT molecular complexity index is 632. The van der Waals surface area contributed by atoms with Crippen molar-refractivity contribution in [1.29, 1.82) is 0 Å². The molecule has 0 radical (unpaired) electrons. The van der Waals surface area contributed by atoms with Crippen LogP contribution in [0.2, 0.25) is 5.02 Å². The van der Waals surface area contributed by atoms with E-state index in [2.05, 4.69) is 10.6 Å². The maximum Gasteiger partial charge on any atom is 0.227 e. The number of anilines is 1. The maximum absolute atomic E-state index is 12.5. The summed E-state index contributed by atoms with van der Waals surface area (Å²) in [7, 11) is 1.55. The molecule has 2 saturated heterocycles. The summed E-state index contributed by atoms with van der Waals surface area (Å²) in [6.07, 6.45) is 2.24. The second kappa shape index (κ2) is 7.40. The van der Waals surface area contributed by atoms with E-state index in [1.54, 1.807) is 30.2 Å². The van der Waals surface area contributed by atoms with Crippen LogP contribution in [0.4, 0.5) is 5.69 Å². The Morgan fingerprint density at radius 3 is 3.00 bits per heavy atom. The van der Waals surface area contributed by atoms with Gasteiger partial charge in [0.2, 0.25) is 11.8 Å². The number of nitrogens with one attached hydrogen (secondary N) is 2. The van der Waals surface area contributed by atoms with Gasteiger partial charge in [-0.3, -0.25) is 9.59 Å². The standard InChI is InChI=1S/C17H22ClN3O3/c1-24-15-5-4-12(18)8-14(15)21-10-11(7-16(21)22)17(23)20-13-3-2-6-19-9-13/h4-5,8,11,13,19H,2-3,6-7,9-10H2,1H3,(H,20,23). The number of ether oxygens (including phenoxy) is 1. The van der Waals surface area contributed by atoms with Gasteiger partial charge in [-0.05, 0) is 37.6 Å². The van der Waals surface area contributed by atoms with E-state index >= 15 is 0 Å². The molecular weight excluding hydrogens is 330 g/mol. The minimum atomic E-state index is -0.344. The van der Waals surface area contributed by atoms with Crippen molar-refractivity contribution >= 4 is 29.1 Å². The molecule has 2 amide bonds. The fourth-order valence-corrected chi connectivity index (χ4v) is 3.45. The lowest BCUT2D eigenvalue weighted by atomic mass is 10.0. The van der Waals surface area contributed by atoms with Crippen molar-refractivity contribution in [3.8, 4) is 5.75 Å². The number of piperidine rings is 1. The number of carbonyl (C=O) groups excluding carboxylic acids is 2. The molecule has 2 aliphatic heterocycles. The number of nitrogens with zero attached hydrogens (tertiary/aromatic N) is 1. The summed E-state index contributed by atoms with van der Waals surface area (Å²) in [5.74, 6) is 0.0893. The number of hydrogen-bond donors (Lipinski definition) is 2. The highest BCUT2D eigenvalue weighted by Crippen LogP contribution is 2.35. The second-order valence-electron chi connectivity index (χ2n) is 6.27. The van der Waals surface area contributed by atoms with Gasteiger partial charge in [0.1, 0.15) is 5.75 Å². The Kier molecular flexibility index (Phi) is 5.26. The van der Waals surface area contributed by atoms with E-state index in [1.807, 2.05) is 0 Å². The molecule has 0 bridgehead atoms. The minimum Gasteiger partial charge on any atom is -0.495 e. The van der Waals surface area contributed by atoms with Crippen molar-refractivity contribution < 1.29 is 14.3 Å². The highest BCUT2D eigenvalue weighted by atomic mass is 35.5. The van der Waals surface area contributed by atoms with Crippen LogP contribution >= 0.6 is 11.6 Å². The third kappa shape index (κ3) is 3.65. The first kappa shape index (κ1) is 17.0. The molecule has 0 aromatic heterocycles. The number of benzene rings is 1. The van der Waals surface area contributed by atoms with Gasteiger partial charge in [-0.2, -0.15) is 0 Å². The molecule has 2 heterocycles. The lowest BCUT2D eigenvalue weighted by molar-refractivity contribution is -0.127. The van der Waals surface area contributed by atoms with Crippen LogP contribution < -0.4 is 20.3 Å². The summed E-state index contributed by atoms with van der Waals surface area (Å²) in [4.78, 5) is 26.5. The minimum absolute atomic E-state index is 0.0551. The van der Waals surface area contributed by atoms with Crippen molar-refractivity contribution in [3.05, 3.63) is 23.2 Å². The van der Waals surface area contributed by atoms with Crippen LogP contribution in [0.5, 0.6) is 5.75 Å². The first-order valence-corrected chi connectivity index (χ1v) is 8.61. The summed E-state index contributed by atoms with van der Waals surface area (Å²) in [6, 6.07) is 5.29. The van der Waals surface area contributed by atoms with E-state index in [0.717, 1.165) is 25.9 Å². The molecule has 0 spiro atoms. The number of carbonyl (C=O) groups is 2. The molecule has 24 heavy (non-hydrogen) atoms. The molecule has 3 rings (SSSR count). The van der Waals surface area contributed by atoms with E-state index < -0.39 is 0 Å². The summed E-state index contributed by atoms with van der Waals surface area (Å²) in [5.41, 5.74) is 0.615. The Hall–Kier alpha value is -1.79. The molecule has 0 saturated carbocycles. The zero-order valence-corrected chi connectivity index (χ0v) is 14.4. The van der Waals surface area contributed by atoms with Crippen LogP contribution in [0.15, 0.2) is 18.2 Å². The van der Waals surface area contributed by atoms with Crippen LogP contribution in [-0.4, -0.2) is 44.6 Å². The van der Waals surface area contributed by atoms with Gasteiger partial charge in [0.05, 0.1) is 18.7 Å². The van der Waals surface area contributed by atoms with Crippen LogP contribution in [-0.2, 0) is 9.59 Å². The van der Waals surface area contributed by atoms with Gasteiger partial charge in [0.25, 0.3) is 0 Å². The largest absolute Gasteiger partial charge is 0.495 e. The summed E-state index contributed by atoms with van der Waals surface area (Å²) in [6.45, 7) is 2.14. The Balaban J connectivity index is 1.69. The molecule has 0 aliphatic carbocycles. The van der Waals surface area contributed by atoms with Crippen LogP contribution in [0.1, 0.15) is 19.3 Å². The molecule has 1 aromatic rings. The van der Waals surface area contributed by atoms with Crippen LogP contribution in [0, 0.1) is 5.92 Å². The molecule has 6 nitrogen and oxygen atoms in total. The SMILES string of the molecule is COc1ccc(Cl)cc1N1CC(C(=O)NC2CCCNC2)CC1=O. The number of methoxy groups -OCH3 is 1. The molecule has 2 aliphatic rings. The van der Waals surface area contributed by atoms with E-state index in [1.165, 1.54) is 0 Å². The Morgan fingerprint density at radius 1 is 1.46 bits per heavy atom. The average Bonchev–Trinajstić information content (AvgIpc) is 2.97. The molecule has 7 heteroatoms. The third-order valence-corrected chi connectivity index (χ3v) is 4.81. The summed E-state index contributed by atoms with van der Waals surface area (Å²) in [5, 5.41) is 6.86. The van der Waals surface area contributed by atoms with Gasteiger partial charge in [0.15, 0.2) is 0 Å². The van der Waals surface area contributed by atoms with Gasteiger partial charge >= 0.3 is 0 Å². The van der Waals surface area contributed by atoms with Crippen LogP contribution in [0.3, 0.4) is 0 Å². The van der Waals surface area contributed by atoms with E-state index in [4.69, 9.17) is 16.3 Å². The van der Waals surface area contributed by atoms with E-state index in [0.29, 0.717) is 23.0 Å². The predicted octanol–water partition coefficient (Wildman–Crippen LogP) is 1.57. The molecule has 2 N–H and O–H groups in total. The fourth-order valence-electron chi connectivity index (χ4n) is 3.28. The van der Waals surface area contributed by atoms with Gasteiger partial charge in [-0.25, -0.2) is 0 Å². The molecular formula is C17H22ClN3O3. The first-order chi connectivity index (χ1) is 11.6. The molecule has 2 atom stereocenters. The Morgan fingerprint density at radius 2 is 2.29 bits per heavy atom. The van der Waals surface area contributed by atoms with Crippen LogP contribution in [0.25, 0.3) is 0 Å². The van der Waals surface area contributed by atoms with Crippen molar-refractivity contribution in [2.45, 2.75) is 25.3 Å². The van der Waals surface area contributed by atoms with Crippen molar-refractivity contribution in [1.82, 2.24) is 10.6 Å². The number of amides is 2. The first-order valence-electron chi connectivity index (χ1n) is 8.23. The molecule has 1 aromatic carbocycles. The number of rotatable bonds is 4. The highest BCUT2D eigenvalue weighted by Gasteiger charge is 2.37. The zero-order chi connectivity index (χ0) is 17.1. The van der Waals surface area contributed by atoms with Gasteiger partial charge in [-0.1, -0.05) is 11.6 Å². The number of hydrogen-bond acceptors (Lipinski definition) is 4. The second-order valence-corrected chi connectivity index (χ2v) is 6.71. The lowest BCUT2D eigenvalue weighted by Gasteiger charge is -2.25. The fraction of sp³-hybridized carbons (Fsp3) is 0.529. The van der Waals surface area contributed by atoms with Crippen molar-refractivity contribution in [2.24, 2.45) is 5.92 Å². The number of halogens is 1.